The molecule has 0 aliphatic carbocycles. The fourth-order valence-electron chi connectivity index (χ4n) is 1.33. The van der Waals surface area contributed by atoms with Gasteiger partial charge in [0.25, 0.3) is 0 Å². The third-order valence-electron chi connectivity index (χ3n) is 2.09. The van der Waals surface area contributed by atoms with Crippen molar-refractivity contribution >= 4 is 11.8 Å². The summed E-state index contributed by atoms with van der Waals surface area (Å²) in [4.78, 5) is 11.0. The highest BCUT2D eigenvalue weighted by molar-refractivity contribution is 6.06. The Morgan fingerprint density at radius 2 is 1.75 bits per heavy atom. The maximum Gasteiger partial charge on any atom is 0.336 e. The SMILES string of the molecule is N=C(c1ccccc1C(=O)O)n1cnnc1. The highest BCUT2D eigenvalue weighted by atomic mass is 16.4. The predicted octanol–water partition coefficient (Wildman–Crippen LogP) is 0.850. The molecule has 0 spiro atoms. The van der Waals surface area contributed by atoms with E-state index < -0.39 is 5.97 Å². The number of benzene rings is 1. The number of rotatable bonds is 2. The molecule has 80 valence electrons. The average Bonchev–Trinajstić information content (AvgIpc) is 2.81. The molecule has 0 aliphatic heterocycles. The van der Waals surface area contributed by atoms with E-state index in [1.165, 1.54) is 23.3 Å². The number of hydrogen-bond donors (Lipinski definition) is 2. The summed E-state index contributed by atoms with van der Waals surface area (Å²) >= 11 is 0. The van der Waals surface area contributed by atoms with Crippen molar-refractivity contribution in [2.24, 2.45) is 0 Å². The molecule has 1 heterocycles. The van der Waals surface area contributed by atoms with Crippen molar-refractivity contribution in [1.29, 1.82) is 5.41 Å². The molecule has 1 aromatic heterocycles. The lowest BCUT2D eigenvalue weighted by atomic mass is 10.1. The summed E-state index contributed by atoms with van der Waals surface area (Å²) in [5.41, 5.74) is 0.413. The van der Waals surface area contributed by atoms with E-state index in [2.05, 4.69) is 10.2 Å². The third-order valence-corrected chi connectivity index (χ3v) is 2.09. The largest absolute Gasteiger partial charge is 0.478 e. The van der Waals surface area contributed by atoms with E-state index in [-0.39, 0.29) is 11.4 Å². The second-order valence-corrected chi connectivity index (χ2v) is 3.07. The lowest BCUT2D eigenvalue weighted by Crippen LogP contribution is -2.14. The van der Waals surface area contributed by atoms with E-state index in [0.717, 1.165) is 0 Å². The van der Waals surface area contributed by atoms with Gasteiger partial charge in [-0.15, -0.1) is 10.2 Å². The maximum absolute atomic E-state index is 11.0. The summed E-state index contributed by atoms with van der Waals surface area (Å²) in [7, 11) is 0. The zero-order chi connectivity index (χ0) is 11.5. The summed E-state index contributed by atoms with van der Waals surface area (Å²) in [6.45, 7) is 0. The maximum atomic E-state index is 11.0. The Morgan fingerprint density at radius 1 is 1.19 bits per heavy atom. The quantitative estimate of drug-likeness (QED) is 0.575. The van der Waals surface area contributed by atoms with Gasteiger partial charge in [0.1, 0.15) is 18.5 Å². The Bertz CT molecular complexity index is 534. The molecule has 6 heteroatoms. The Labute approximate surface area is 90.7 Å². The Hall–Kier alpha value is -2.50. The van der Waals surface area contributed by atoms with Gasteiger partial charge in [0.15, 0.2) is 0 Å². The van der Waals surface area contributed by atoms with E-state index >= 15 is 0 Å². The molecule has 0 fully saturated rings. The summed E-state index contributed by atoms with van der Waals surface area (Å²) in [6, 6.07) is 6.33. The van der Waals surface area contributed by atoms with Gasteiger partial charge in [-0.3, -0.25) is 9.98 Å². The van der Waals surface area contributed by atoms with Crippen LogP contribution < -0.4 is 0 Å². The second kappa shape index (κ2) is 3.93. The highest BCUT2D eigenvalue weighted by Gasteiger charge is 2.13. The fraction of sp³-hybridized carbons (Fsp3) is 0. The van der Waals surface area contributed by atoms with Gasteiger partial charge in [-0.25, -0.2) is 4.79 Å². The van der Waals surface area contributed by atoms with Crippen LogP contribution in [0.3, 0.4) is 0 Å². The van der Waals surface area contributed by atoms with Crippen LogP contribution in [-0.2, 0) is 0 Å². The molecule has 0 saturated heterocycles. The topological polar surface area (TPSA) is 91.9 Å². The van der Waals surface area contributed by atoms with Gasteiger partial charge in [0.05, 0.1) is 5.56 Å². The van der Waals surface area contributed by atoms with Crippen LogP contribution in [-0.4, -0.2) is 31.7 Å². The molecule has 0 aliphatic rings. The zero-order valence-electron chi connectivity index (χ0n) is 8.16. The number of carbonyl (C=O) groups is 1. The van der Waals surface area contributed by atoms with Gasteiger partial charge in [-0.2, -0.15) is 0 Å². The van der Waals surface area contributed by atoms with Crippen LogP contribution in [0.2, 0.25) is 0 Å². The monoisotopic (exact) mass is 216 g/mol. The van der Waals surface area contributed by atoms with Gasteiger partial charge in [0, 0.05) is 5.56 Å². The van der Waals surface area contributed by atoms with E-state index in [4.69, 9.17) is 10.5 Å². The molecule has 2 rings (SSSR count). The van der Waals surface area contributed by atoms with E-state index in [1.807, 2.05) is 0 Å². The number of carboxylic acid groups (broad SMARTS) is 1. The van der Waals surface area contributed by atoms with Crippen molar-refractivity contribution in [1.82, 2.24) is 14.8 Å². The first-order chi connectivity index (χ1) is 7.70. The van der Waals surface area contributed by atoms with Crippen LogP contribution in [0.15, 0.2) is 36.9 Å². The Kier molecular flexibility index (Phi) is 2.47. The number of hydrogen-bond acceptors (Lipinski definition) is 4. The Morgan fingerprint density at radius 3 is 2.31 bits per heavy atom. The van der Waals surface area contributed by atoms with E-state index in [9.17, 15) is 4.79 Å². The van der Waals surface area contributed by atoms with Crippen LogP contribution in [0.5, 0.6) is 0 Å². The molecule has 6 nitrogen and oxygen atoms in total. The lowest BCUT2D eigenvalue weighted by Gasteiger charge is -2.06. The molecule has 0 radical (unpaired) electrons. The van der Waals surface area contributed by atoms with Crippen LogP contribution in [0.1, 0.15) is 15.9 Å². The first kappa shape index (κ1) is 10.0. The van der Waals surface area contributed by atoms with Crippen molar-refractivity contribution in [2.45, 2.75) is 0 Å². The molecule has 16 heavy (non-hydrogen) atoms. The summed E-state index contributed by atoms with van der Waals surface area (Å²) in [6.07, 6.45) is 2.70. The van der Waals surface area contributed by atoms with Crippen molar-refractivity contribution in [3.63, 3.8) is 0 Å². The standard InChI is InChI=1S/C10H8N4O2/c11-9(14-5-12-13-6-14)7-3-1-2-4-8(7)10(15)16/h1-6,11H,(H,15,16). The molecule has 0 unspecified atom stereocenters. The number of aromatic carboxylic acids is 1. The van der Waals surface area contributed by atoms with E-state index in [0.29, 0.717) is 5.56 Å². The minimum absolute atomic E-state index is 0.0306. The van der Waals surface area contributed by atoms with Crippen LogP contribution in [0, 0.1) is 5.41 Å². The van der Waals surface area contributed by atoms with Crippen molar-refractivity contribution in [3.05, 3.63) is 48.0 Å². The molecular formula is C10H8N4O2. The molecule has 0 amide bonds. The van der Waals surface area contributed by atoms with Crippen LogP contribution >= 0.6 is 0 Å². The second-order valence-electron chi connectivity index (χ2n) is 3.07. The summed E-state index contributed by atoms with van der Waals surface area (Å²) in [5.74, 6) is -1.03. The first-order valence-electron chi connectivity index (χ1n) is 4.46. The predicted molar refractivity (Wildman–Crippen MR) is 55.7 cm³/mol. The molecule has 0 atom stereocenters. The average molecular weight is 216 g/mol. The molecule has 1 aromatic carbocycles. The van der Waals surface area contributed by atoms with Crippen molar-refractivity contribution < 1.29 is 9.90 Å². The van der Waals surface area contributed by atoms with Gasteiger partial charge >= 0.3 is 5.97 Å². The van der Waals surface area contributed by atoms with Crippen molar-refractivity contribution in [2.75, 3.05) is 0 Å². The molecule has 2 N–H and O–H groups in total. The molecule has 0 bridgehead atoms. The summed E-state index contributed by atoms with van der Waals surface area (Å²) < 4.78 is 1.35. The van der Waals surface area contributed by atoms with E-state index in [1.54, 1.807) is 18.2 Å². The highest BCUT2D eigenvalue weighted by Crippen LogP contribution is 2.10. The zero-order valence-corrected chi connectivity index (χ0v) is 8.16. The smallest absolute Gasteiger partial charge is 0.336 e. The Balaban J connectivity index is 2.49. The van der Waals surface area contributed by atoms with Crippen LogP contribution in [0.25, 0.3) is 0 Å². The minimum atomic E-state index is -1.06. The van der Waals surface area contributed by atoms with Crippen LogP contribution in [0.4, 0.5) is 0 Å². The molecule has 0 saturated carbocycles. The number of carboxylic acids is 1. The molecular weight excluding hydrogens is 208 g/mol. The normalized spacial score (nSPS) is 10.0. The lowest BCUT2D eigenvalue weighted by molar-refractivity contribution is 0.0696. The number of nitrogens with one attached hydrogen (secondary N) is 1. The summed E-state index contributed by atoms with van der Waals surface area (Å²) in [5, 5.41) is 24.0. The van der Waals surface area contributed by atoms with Gasteiger partial charge < -0.3 is 5.11 Å². The minimum Gasteiger partial charge on any atom is -0.478 e. The van der Waals surface area contributed by atoms with Crippen molar-refractivity contribution in [3.8, 4) is 0 Å². The molecule has 2 aromatic rings. The first-order valence-corrected chi connectivity index (χ1v) is 4.46. The number of nitrogens with zero attached hydrogens (tertiary/aromatic N) is 3. The van der Waals surface area contributed by atoms with Gasteiger partial charge in [-0.05, 0) is 6.07 Å². The van der Waals surface area contributed by atoms with Gasteiger partial charge in [0.2, 0.25) is 0 Å². The third kappa shape index (κ3) is 1.68. The van der Waals surface area contributed by atoms with Gasteiger partial charge in [-0.1, -0.05) is 18.2 Å². The fourth-order valence-corrected chi connectivity index (χ4v) is 1.33. The number of aromatic nitrogens is 3.